The molecule has 8 nitrogen and oxygen atoms in total. The molecule has 0 saturated carbocycles. The summed E-state index contributed by atoms with van der Waals surface area (Å²) in [7, 11) is 0. The first-order valence-corrected chi connectivity index (χ1v) is 11.9. The van der Waals surface area contributed by atoms with Crippen molar-refractivity contribution in [1.82, 2.24) is 15.2 Å². The predicted molar refractivity (Wildman–Crippen MR) is 129 cm³/mol. The van der Waals surface area contributed by atoms with Crippen LogP contribution in [0.3, 0.4) is 0 Å². The van der Waals surface area contributed by atoms with E-state index < -0.39 is 6.23 Å². The fourth-order valence-corrected chi connectivity index (χ4v) is 4.10. The summed E-state index contributed by atoms with van der Waals surface area (Å²) < 4.78 is 17.4. The average molecular weight is 475 g/mol. The zero-order chi connectivity index (χ0) is 23.5. The van der Waals surface area contributed by atoms with Crippen molar-refractivity contribution in [2.75, 3.05) is 17.7 Å². The molecule has 5 rings (SSSR count). The molecule has 0 radical (unpaired) electrons. The van der Waals surface area contributed by atoms with E-state index in [9.17, 15) is 4.79 Å². The standard InChI is InChI=1S/C25H22N4O4S/c1-3-31-24(30)16-11-9-15(10-12-16)19-13-14-20(32-19)22-26-18-8-6-5-7-17(18)21-23(33-22)27-25(29-28-21)34-4-2/h5-14,22,26H,3-4H2,1-2H3/t22-/m1/s1. The van der Waals surface area contributed by atoms with Crippen LogP contribution in [0.5, 0.6) is 5.88 Å². The lowest BCUT2D eigenvalue weighted by Crippen LogP contribution is -2.16. The number of rotatable bonds is 6. The van der Waals surface area contributed by atoms with E-state index in [2.05, 4.69) is 20.5 Å². The summed E-state index contributed by atoms with van der Waals surface area (Å²) in [4.78, 5) is 16.5. The number of carbonyl (C=O) groups is 1. The van der Waals surface area contributed by atoms with E-state index in [4.69, 9.17) is 13.9 Å². The Bertz CT molecular complexity index is 1320. The Hall–Kier alpha value is -3.85. The van der Waals surface area contributed by atoms with Gasteiger partial charge in [-0.1, -0.05) is 49.0 Å². The van der Waals surface area contributed by atoms with Crippen molar-refractivity contribution in [3.63, 3.8) is 0 Å². The molecule has 0 spiro atoms. The molecule has 3 heterocycles. The van der Waals surface area contributed by atoms with E-state index in [-0.39, 0.29) is 5.97 Å². The molecule has 0 aliphatic carbocycles. The normalized spacial score (nSPS) is 14.2. The van der Waals surface area contributed by atoms with Crippen LogP contribution in [0.2, 0.25) is 0 Å². The Morgan fingerprint density at radius 3 is 2.68 bits per heavy atom. The molecule has 2 aromatic carbocycles. The van der Waals surface area contributed by atoms with Crippen molar-refractivity contribution in [2.45, 2.75) is 25.2 Å². The number of carbonyl (C=O) groups excluding carboxylic acids is 1. The average Bonchev–Trinajstić information content (AvgIpc) is 3.29. The monoisotopic (exact) mass is 474 g/mol. The molecule has 0 fully saturated rings. The van der Waals surface area contributed by atoms with Crippen LogP contribution < -0.4 is 10.1 Å². The minimum atomic E-state index is -0.619. The van der Waals surface area contributed by atoms with E-state index >= 15 is 0 Å². The van der Waals surface area contributed by atoms with Gasteiger partial charge < -0.3 is 19.2 Å². The van der Waals surface area contributed by atoms with E-state index in [0.717, 1.165) is 22.6 Å². The second-order valence-electron chi connectivity index (χ2n) is 7.37. The molecule has 0 amide bonds. The summed E-state index contributed by atoms with van der Waals surface area (Å²) in [5, 5.41) is 12.6. The maximum Gasteiger partial charge on any atom is 0.338 e. The molecular weight excluding hydrogens is 452 g/mol. The first-order chi connectivity index (χ1) is 16.7. The van der Waals surface area contributed by atoms with E-state index in [1.807, 2.05) is 55.5 Å². The zero-order valence-corrected chi connectivity index (χ0v) is 19.5. The number of benzene rings is 2. The summed E-state index contributed by atoms with van der Waals surface area (Å²) in [5.41, 5.74) is 3.60. The molecule has 172 valence electrons. The van der Waals surface area contributed by atoms with Crippen LogP contribution in [-0.2, 0) is 4.74 Å². The third-order valence-electron chi connectivity index (χ3n) is 5.17. The van der Waals surface area contributed by atoms with Crippen molar-refractivity contribution >= 4 is 23.4 Å². The number of aromatic nitrogens is 3. The molecule has 1 N–H and O–H groups in total. The van der Waals surface area contributed by atoms with Crippen LogP contribution in [0.15, 0.2) is 70.2 Å². The highest BCUT2D eigenvalue weighted by atomic mass is 32.2. The number of thioether (sulfide) groups is 1. The molecule has 4 aromatic rings. The zero-order valence-electron chi connectivity index (χ0n) is 18.6. The quantitative estimate of drug-likeness (QED) is 0.283. The van der Waals surface area contributed by atoms with Crippen LogP contribution >= 0.6 is 11.8 Å². The van der Waals surface area contributed by atoms with Gasteiger partial charge in [0.25, 0.3) is 0 Å². The lowest BCUT2D eigenvalue weighted by molar-refractivity contribution is 0.0526. The molecule has 0 bridgehead atoms. The first-order valence-electron chi connectivity index (χ1n) is 10.9. The first kappa shape index (κ1) is 22.0. The number of nitrogens with one attached hydrogen (secondary N) is 1. The number of para-hydroxylation sites is 1. The Morgan fingerprint density at radius 2 is 1.88 bits per heavy atom. The maximum atomic E-state index is 11.9. The Kier molecular flexibility index (Phi) is 6.18. The van der Waals surface area contributed by atoms with Gasteiger partial charge in [-0.2, -0.15) is 4.98 Å². The molecule has 1 aliphatic rings. The second kappa shape index (κ2) is 9.56. The number of anilines is 1. The van der Waals surface area contributed by atoms with Crippen molar-refractivity contribution in [1.29, 1.82) is 0 Å². The minimum Gasteiger partial charge on any atom is -0.462 e. The van der Waals surface area contributed by atoms with Gasteiger partial charge in [0.1, 0.15) is 5.76 Å². The van der Waals surface area contributed by atoms with Gasteiger partial charge in [0.2, 0.25) is 17.3 Å². The SMILES string of the molecule is CCOC(=O)c1ccc(-c2ccc([C@@H]3Nc4ccccc4-c4nnc(SCC)nc4O3)o2)cc1. The number of nitrogens with zero attached hydrogens (tertiary/aromatic N) is 3. The molecule has 0 saturated heterocycles. The number of fused-ring (bicyclic) bond motifs is 3. The Balaban J connectivity index is 1.46. The maximum absolute atomic E-state index is 11.9. The highest BCUT2D eigenvalue weighted by Crippen LogP contribution is 2.40. The topological polar surface area (TPSA) is 99.4 Å². The molecule has 9 heteroatoms. The molecule has 1 aliphatic heterocycles. The van der Waals surface area contributed by atoms with Gasteiger partial charge in [0.05, 0.1) is 12.2 Å². The Labute approximate surface area is 200 Å². The number of hydrogen-bond donors (Lipinski definition) is 1. The van der Waals surface area contributed by atoms with Gasteiger partial charge in [-0.05, 0) is 43.0 Å². The fourth-order valence-electron chi connectivity index (χ4n) is 3.60. The molecular formula is C25H22N4O4S. The highest BCUT2D eigenvalue weighted by Gasteiger charge is 2.28. The van der Waals surface area contributed by atoms with Gasteiger partial charge in [-0.15, -0.1) is 10.2 Å². The summed E-state index contributed by atoms with van der Waals surface area (Å²) in [5.74, 6) is 2.10. The number of hydrogen-bond acceptors (Lipinski definition) is 9. The largest absolute Gasteiger partial charge is 0.462 e. The summed E-state index contributed by atoms with van der Waals surface area (Å²) >= 11 is 1.50. The van der Waals surface area contributed by atoms with Crippen molar-refractivity contribution < 1.29 is 18.7 Å². The number of esters is 1. The molecule has 34 heavy (non-hydrogen) atoms. The minimum absolute atomic E-state index is 0.335. The van der Waals surface area contributed by atoms with E-state index in [0.29, 0.717) is 40.4 Å². The number of furan rings is 1. The van der Waals surface area contributed by atoms with Crippen molar-refractivity contribution in [2.24, 2.45) is 0 Å². The molecule has 1 atom stereocenters. The van der Waals surface area contributed by atoms with Gasteiger partial charge in [0, 0.05) is 16.8 Å². The number of ether oxygens (including phenoxy) is 2. The summed E-state index contributed by atoms with van der Waals surface area (Å²) in [6, 6.07) is 18.6. The van der Waals surface area contributed by atoms with E-state index in [1.54, 1.807) is 19.1 Å². The highest BCUT2D eigenvalue weighted by molar-refractivity contribution is 7.99. The summed E-state index contributed by atoms with van der Waals surface area (Å²) in [6.45, 7) is 4.15. The van der Waals surface area contributed by atoms with Gasteiger partial charge in [0.15, 0.2) is 11.5 Å². The fraction of sp³-hybridized carbons (Fsp3) is 0.200. The smallest absolute Gasteiger partial charge is 0.338 e. The molecule has 0 unspecified atom stereocenters. The third-order valence-corrected chi connectivity index (χ3v) is 5.89. The van der Waals surface area contributed by atoms with Crippen LogP contribution in [0.1, 0.15) is 36.2 Å². The van der Waals surface area contributed by atoms with Gasteiger partial charge in [-0.25, -0.2) is 4.79 Å². The van der Waals surface area contributed by atoms with Crippen LogP contribution in [-0.4, -0.2) is 33.5 Å². The van der Waals surface area contributed by atoms with Gasteiger partial charge in [-0.3, -0.25) is 0 Å². The van der Waals surface area contributed by atoms with Crippen molar-refractivity contribution in [3.05, 3.63) is 72.0 Å². The lowest BCUT2D eigenvalue weighted by atomic mass is 10.1. The predicted octanol–water partition coefficient (Wildman–Crippen LogP) is 5.59. The van der Waals surface area contributed by atoms with Crippen LogP contribution in [0, 0.1) is 0 Å². The molecule has 2 aromatic heterocycles. The van der Waals surface area contributed by atoms with E-state index in [1.165, 1.54) is 11.8 Å². The summed E-state index contributed by atoms with van der Waals surface area (Å²) in [6.07, 6.45) is -0.619. The lowest BCUT2D eigenvalue weighted by Gasteiger charge is -2.16. The van der Waals surface area contributed by atoms with Gasteiger partial charge >= 0.3 is 5.97 Å². The van der Waals surface area contributed by atoms with Crippen LogP contribution in [0.25, 0.3) is 22.6 Å². The Morgan fingerprint density at radius 1 is 1.06 bits per heavy atom. The second-order valence-corrected chi connectivity index (χ2v) is 8.60. The third kappa shape index (κ3) is 4.34. The van der Waals surface area contributed by atoms with Crippen molar-refractivity contribution in [3.8, 4) is 28.5 Å². The van der Waals surface area contributed by atoms with Crippen LogP contribution in [0.4, 0.5) is 5.69 Å².